The number of alkyl halides is 3. The van der Waals surface area contributed by atoms with Crippen LogP contribution in [-0.4, -0.2) is 33.7 Å². The van der Waals surface area contributed by atoms with Crippen molar-refractivity contribution in [2.75, 3.05) is 10.6 Å². The Labute approximate surface area is 181 Å². The lowest BCUT2D eigenvalue weighted by Gasteiger charge is -2.28. The maximum absolute atomic E-state index is 13.2. The molecule has 0 spiro atoms. The Balaban J connectivity index is 1.66. The van der Waals surface area contributed by atoms with Crippen LogP contribution in [0.15, 0.2) is 54.6 Å². The van der Waals surface area contributed by atoms with E-state index in [1.165, 1.54) is 17.0 Å². The first-order valence-electron chi connectivity index (χ1n) is 9.63. The Morgan fingerprint density at radius 1 is 1.06 bits per heavy atom. The van der Waals surface area contributed by atoms with E-state index in [2.05, 4.69) is 9.72 Å². The van der Waals surface area contributed by atoms with E-state index in [0.29, 0.717) is 5.52 Å². The zero-order valence-corrected chi connectivity index (χ0v) is 17.2. The van der Waals surface area contributed by atoms with E-state index in [1.54, 1.807) is 26.0 Å². The molecule has 0 aliphatic carbocycles. The lowest BCUT2D eigenvalue weighted by Crippen LogP contribution is -2.43. The summed E-state index contributed by atoms with van der Waals surface area (Å²) in [5.41, 5.74) is 6.25. The quantitative estimate of drug-likeness (QED) is 0.600. The molecule has 7 nitrogen and oxygen atoms in total. The molecule has 4 rings (SSSR count). The second-order valence-corrected chi connectivity index (χ2v) is 7.83. The smallest absolute Gasteiger partial charge is 0.406 e. The van der Waals surface area contributed by atoms with Crippen LogP contribution in [0.5, 0.6) is 5.75 Å². The molecule has 10 heteroatoms. The van der Waals surface area contributed by atoms with E-state index in [0.717, 1.165) is 28.0 Å². The number of nitrogen functional groups attached to an aromatic ring is 1. The minimum atomic E-state index is -4.84. The molecule has 1 fully saturated rings. The van der Waals surface area contributed by atoms with E-state index in [-0.39, 0.29) is 18.1 Å². The van der Waals surface area contributed by atoms with Gasteiger partial charge in [0, 0.05) is 11.9 Å². The molecule has 1 saturated heterocycles. The molecular weight excluding hydrogens is 425 g/mol. The number of urea groups is 1. The standard InChI is InChI=1S/C22H19F3N4O3/c1-21(2)19(30)29(14-7-9-15(10-8-14)32-22(23,24)25)20(31)28(21)12-13-11-18(26)27-17-6-4-3-5-16(13)17/h3-11H,12H2,1-2H3,(H2,26,27). The summed E-state index contributed by atoms with van der Waals surface area (Å²) >= 11 is 0. The summed E-state index contributed by atoms with van der Waals surface area (Å²) in [4.78, 5) is 33.0. The minimum Gasteiger partial charge on any atom is -0.406 e. The number of pyridine rings is 1. The summed E-state index contributed by atoms with van der Waals surface area (Å²) < 4.78 is 41.1. The van der Waals surface area contributed by atoms with Crippen LogP contribution in [0.25, 0.3) is 10.9 Å². The summed E-state index contributed by atoms with van der Waals surface area (Å²) in [5, 5.41) is 0.796. The van der Waals surface area contributed by atoms with Crippen LogP contribution in [0.4, 0.5) is 29.5 Å². The van der Waals surface area contributed by atoms with E-state index in [4.69, 9.17) is 5.73 Å². The molecule has 0 atom stereocenters. The van der Waals surface area contributed by atoms with Gasteiger partial charge < -0.3 is 15.4 Å². The van der Waals surface area contributed by atoms with Crippen molar-refractivity contribution in [3.8, 4) is 5.75 Å². The fourth-order valence-electron chi connectivity index (χ4n) is 3.70. The number of halogens is 3. The van der Waals surface area contributed by atoms with E-state index in [1.807, 2.05) is 18.2 Å². The van der Waals surface area contributed by atoms with Gasteiger partial charge in [0.2, 0.25) is 0 Å². The van der Waals surface area contributed by atoms with Gasteiger partial charge in [-0.15, -0.1) is 13.2 Å². The Morgan fingerprint density at radius 2 is 1.72 bits per heavy atom. The van der Waals surface area contributed by atoms with E-state index >= 15 is 0 Å². The van der Waals surface area contributed by atoms with Crippen molar-refractivity contribution in [3.05, 3.63) is 60.2 Å². The van der Waals surface area contributed by atoms with Crippen molar-refractivity contribution in [3.63, 3.8) is 0 Å². The van der Waals surface area contributed by atoms with Crippen LogP contribution in [0.1, 0.15) is 19.4 Å². The Hall–Kier alpha value is -3.82. The van der Waals surface area contributed by atoms with Crippen LogP contribution in [0.2, 0.25) is 0 Å². The molecule has 1 aliphatic heterocycles. The Bertz CT molecular complexity index is 1210. The van der Waals surface area contributed by atoms with Gasteiger partial charge in [-0.1, -0.05) is 18.2 Å². The molecule has 1 aromatic heterocycles. The molecule has 2 aromatic carbocycles. The summed E-state index contributed by atoms with van der Waals surface area (Å²) in [6, 6.07) is 12.9. The number of imide groups is 1. The number of nitrogens with two attached hydrogens (primary N) is 1. The number of ether oxygens (including phenoxy) is 1. The van der Waals surface area contributed by atoms with Crippen molar-refractivity contribution in [2.24, 2.45) is 0 Å². The molecule has 32 heavy (non-hydrogen) atoms. The van der Waals surface area contributed by atoms with Crippen LogP contribution in [0.3, 0.4) is 0 Å². The van der Waals surface area contributed by atoms with Gasteiger partial charge in [-0.3, -0.25) is 4.79 Å². The lowest BCUT2D eigenvalue weighted by atomic mass is 10.0. The minimum absolute atomic E-state index is 0.0938. The molecule has 2 heterocycles. The van der Waals surface area contributed by atoms with Crippen LogP contribution >= 0.6 is 0 Å². The zero-order valence-electron chi connectivity index (χ0n) is 17.2. The van der Waals surface area contributed by atoms with Crippen molar-refractivity contribution in [2.45, 2.75) is 32.3 Å². The number of carbonyl (C=O) groups is 2. The average molecular weight is 444 g/mol. The summed E-state index contributed by atoms with van der Waals surface area (Å²) in [6.07, 6.45) is -4.84. The third kappa shape index (κ3) is 3.79. The van der Waals surface area contributed by atoms with Crippen molar-refractivity contribution < 1.29 is 27.5 Å². The van der Waals surface area contributed by atoms with Gasteiger partial charge in [-0.25, -0.2) is 14.7 Å². The molecule has 166 valence electrons. The average Bonchev–Trinajstić information content (AvgIpc) is 2.87. The molecule has 0 bridgehead atoms. The maximum atomic E-state index is 13.2. The number of rotatable bonds is 4. The maximum Gasteiger partial charge on any atom is 0.573 e. The molecule has 0 radical (unpaired) electrons. The van der Waals surface area contributed by atoms with E-state index < -0.39 is 29.6 Å². The van der Waals surface area contributed by atoms with Crippen LogP contribution < -0.4 is 15.4 Å². The molecular formula is C22H19F3N4O3. The van der Waals surface area contributed by atoms with Crippen molar-refractivity contribution in [1.29, 1.82) is 0 Å². The SMILES string of the molecule is CC1(C)C(=O)N(c2ccc(OC(F)(F)F)cc2)C(=O)N1Cc1cc(N)nc2ccccc12. The first kappa shape index (κ1) is 21.4. The molecule has 0 saturated carbocycles. The number of carbonyl (C=O) groups excluding carboxylic acids is 2. The number of benzene rings is 2. The third-order valence-electron chi connectivity index (χ3n) is 5.30. The number of para-hydroxylation sites is 1. The molecule has 0 unspecified atom stereocenters. The Kier molecular flexibility index (Phi) is 4.95. The normalized spacial score (nSPS) is 16.2. The second-order valence-electron chi connectivity index (χ2n) is 7.83. The fourth-order valence-corrected chi connectivity index (χ4v) is 3.70. The predicted octanol–water partition coefficient (Wildman–Crippen LogP) is 4.46. The summed E-state index contributed by atoms with van der Waals surface area (Å²) in [5.74, 6) is -0.667. The molecule has 2 N–H and O–H groups in total. The first-order valence-corrected chi connectivity index (χ1v) is 9.63. The Morgan fingerprint density at radius 3 is 2.38 bits per heavy atom. The first-order chi connectivity index (χ1) is 15.0. The fraction of sp³-hybridized carbons (Fsp3) is 0.227. The number of amides is 3. The van der Waals surface area contributed by atoms with Crippen LogP contribution in [-0.2, 0) is 11.3 Å². The molecule has 3 amide bonds. The van der Waals surface area contributed by atoms with Crippen molar-refractivity contribution >= 4 is 34.3 Å². The second kappa shape index (κ2) is 7.40. The number of aromatic nitrogens is 1. The van der Waals surface area contributed by atoms with Gasteiger partial charge in [0.1, 0.15) is 17.1 Å². The summed E-state index contributed by atoms with van der Waals surface area (Å²) in [7, 11) is 0. The monoisotopic (exact) mass is 444 g/mol. The van der Waals surface area contributed by atoms with Gasteiger partial charge >= 0.3 is 12.4 Å². The number of hydrogen-bond acceptors (Lipinski definition) is 5. The number of fused-ring (bicyclic) bond motifs is 1. The van der Waals surface area contributed by atoms with Gasteiger partial charge in [0.15, 0.2) is 0 Å². The van der Waals surface area contributed by atoms with E-state index in [9.17, 15) is 22.8 Å². The van der Waals surface area contributed by atoms with Gasteiger partial charge in [-0.2, -0.15) is 0 Å². The van der Waals surface area contributed by atoms with Gasteiger partial charge in [0.25, 0.3) is 5.91 Å². The number of hydrogen-bond donors (Lipinski definition) is 1. The molecule has 3 aromatic rings. The number of nitrogens with zero attached hydrogens (tertiary/aromatic N) is 3. The summed E-state index contributed by atoms with van der Waals surface area (Å²) in [6.45, 7) is 3.32. The van der Waals surface area contributed by atoms with Crippen molar-refractivity contribution in [1.82, 2.24) is 9.88 Å². The topological polar surface area (TPSA) is 88.8 Å². The van der Waals surface area contributed by atoms with Gasteiger partial charge in [-0.05, 0) is 55.8 Å². The highest BCUT2D eigenvalue weighted by Crippen LogP contribution is 2.35. The highest BCUT2D eigenvalue weighted by atomic mass is 19.4. The highest BCUT2D eigenvalue weighted by molar-refractivity contribution is 6.23. The third-order valence-corrected chi connectivity index (χ3v) is 5.30. The zero-order chi connectivity index (χ0) is 23.3. The van der Waals surface area contributed by atoms with Crippen LogP contribution in [0, 0.1) is 0 Å². The lowest BCUT2D eigenvalue weighted by molar-refractivity contribution is -0.274. The molecule has 1 aliphatic rings. The van der Waals surface area contributed by atoms with Gasteiger partial charge in [0.05, 0.1) is 11.2 Å². The predicted molar refractivity (Wildman–Crippen MR) is 112 cm³/mol. The number of anilines is 2. The largest absolute Gasteiger partial charge is 0.573 e. The highest BCUT2D eigenvalue weighted by Gasteiger charge is 2.51.